The van der Waals surface area contributed by atoms with Crippen molar-refractivity contribution in [2.24, 2.45) is 0 Å². The molecule has 0 unspecified atom stereocenters. The van der Waals surface area contributed by atoms with E-state index >= 15 is 0 Å². The normalized spacial score (nSPS) is 10.6. The van der Waals surface area contributed by atoms with E-state index in [2.05, 4.69) is 5.32 Å². The summed E-state index contributed by atoms with van der Waals surface area (Å²) in [5.41, 5.74) is 3.13. The Hall–Kier alpha value is -4.39. The van der Waals surface area contributed by atoms with Gasteiger partial charge < -0.3 is 19.2 Å². The van der Waals surface area contributed by atoms with Gasteiger partial charge in [-0.2, -0.15) is 0 Å². The maximum Gasteiger partial charge on any atom is 0.407 e. The first-order chi connectivity index (χ1) is 16.5. The molecule has 0 aliphatic carbocycles. The third-order valence-corrected chi connectivity index (χ3v) is 5.30. The van der Waals surface area contributed by atoms with Gasteiger partial charge in [0.2, 0.25) is 0 Å². The average Bonchev–Trinajstić information content (AvgIpc) is 2.85. The van der Waals surface area contributed by atoms with E-state index in [-0.39, 0.29) is 18.9 Å². The van der Waals surface area contributed by atoms with Crippen LogP contribution in [-0.4, -0.2) is 18.6 Å². The number of esters is 1. The molecule has 4 rings (SSSR count). The molecule has 0 aliphatic heterocycles. The first-order valence-corrected chi connectivity index (χ1v) is 10.7. The predicted octanol–water partition coefficient (Wildman–Crippen LogP) is 4.52. The van der Waals surface area contributed by atoms with Crippen LogP contribution in [0.2, 0.25) is 0 Å². The van der Waals surface area contributed by atoms with Crippen molar-refractivity contribution in [2.75, 3.05) is 6.54 Å². The van der Waals surface area contributed by atoms with E-state index < -0.39 is 17.7 Å². The van der Waals surface area contributed by atoms with E-state index in [9.17, 15) is 14.4 Å². The molecular formula is C27H23NO6. The Kier molecular flexibility index (Phi) is 7.03. The lowest BCUT2D eigenvalue weighted by Crippen LogP contribution is -2.32. The number of benzene rings is 3. The summed E-state index contributed by atoms with van der Waals surface area (Å²) in [6.07, 6.45) is -0.264. The highest BCUT2D eigenvalue weighted by Crippen LogP contribution is 2.25. The number of alkyl carbamates (subject to hydrolysis) is 1. The topological polar surface area (TPSA) is 94.8 Å². The molecule has 1 aromatic heterocycles. The largest absolute Gasteiger partial charge is 0.445 e. The van der Waals surface area contributed by atoms with Crippen molar-refractivity contribution in [3.8, 4) is 5.75 Å². The lowest BCUT2D eigenvalue weighted by molar-refractivity contribution is -0.133. The van der Waals surface area contributed by atoms with E-state index in [4.69, 9.17) is 13.9 Å². The fraction of sp³-hybridized carbons (Fsp3) is 0.148. The van der Waals surface area contributed by atoms with Crippen molar-refractivity contribution >= 4 is 23.0 Å². The van der Waals surface area contributed by atoms with Gasteiger partial charge >= 0.3 is 17.7 Å². The lowest BCUT2D eigenvalue weighted by atomic mass is 10.00. The number of carbonyl (C=O) groups excluding carboxylic acids is 2. The summed E-state index contributed by atoms with van der Waals surface area (Å²) in [5.74, 6) is -0.480. The van der Waals surface area contributed by atoms with E-state index in [1.165, 1.54) is 6.07 Å². The Balaban J connectivity index is 1.37. The molecule has 0 fully saturated rings. The highest BCUT2D eigenvalue weighted by atomic mass is 16.6. The number of fused-ring (bicyclic) bond motifs is 1. The highest BCUT2D eigenvalue weighted by Gasteiger charge is 2.14. The van der Waals surface area contributed by atoms with Gasteiger partial charge in [-0.05, 0) is 35.7 Å². The van der Waals surface area contributed by atoms with Gasteiger partial charge in [0.05, 0.1) is 0 Å². The Bertz CT molecular complexity index is 1360. The van der Waals surface area contributed by atoms with Crippen LogP contribution in [0.1, 0.15) is 22.3 Å². The van der Waals surface area contributed by atoms with Gasteiger partial charge in [-0.25, -0.2) is 14.4 Å². The number of rotatable bonds is 7. The van der Waals surface area contributed by atoms with Gasteiger partial charge in [0, 0.05) is 23.4 Å². The van der Waals surface area contributed by atoms with Gasteiger partial charge in [0.1, 0.15) is 24.5 Å². The second-order valence-electron chi connectivity index (χ2n) is 7.70. The SMILES string of the molecule is Cc1c(Cc2ccccc2)c(=O)oc2cc(OC(=O)CNC(=O)OCc3ccccc3)ccc12. The number of hydrogen-bond donors (Lipinski definition) is 1. The van der Waals surface area contributed by atoms with Crippen molar-refractivity contribution in [3.05, 3.63) is 112 Å². The molecule has 0 saturated carbocycles. The summed E-state index contributed by atoms with van der Waals surface area (Å²) in [5, 5.41) is 3.11. The fourth-order valence-corrected chi connectivity index (χ4v) is 3.53. The summed E-state index contributed by atoms with van der Waals surface area (Å²) in [4.78, 5) is 36.5. The number of hydrogen-bond acceptors (Lipinski definition) is 6. The zero-order valence-corrected chi connectivity index (χ0v) is 18.6. The van der Waals surface area contributed by atoms with Crippen molar-refractivity contribution in [2.45, 2.75) is 20.0 Å². The maximum absolute atomic E-state index is 12.6. The van der Waals surface area contributed by atoms with Gasteiger partial charge in [0.15, 0.2) is 0 Å². The van der Waals surface area contributed by atoms with E-state index in [1.54, 1.807) is 12.1 Å². The minimum Gasteiger partial charge on any atom is -0.445 e. The summed E-state index contributed by atoms with van der Waals surface area (Å²) in [6, 6.07) is 23.7. The molecule has 1 amide bonds. The molecule has 7 heteroatoms. The summed E-state index contributed by atoms with van der Waals surface area (Å²) in [6.45, 7) is 1.59. The minimum absolute atomic E-state index is 0.0943. The van der Waals surface area contributed by atoms with Crippen LogP contribution in [0.3, 0.4) is 0 Å². The van der Waals surface area contributed by atoms with Crippen molar-refractivity contribution in [1.29, 1.82) is 0 Å². The summed E-state index contributed by atoms with van der Waals surface area (Å²) in [7, 11) is 0. The molecule has 0 saturated heterocycles. The monoisotopic (exact) mass is 457 g/mol. The predicted molar refractivity (Wildman–Crippen MR) is 127 cm³/mol. The molecular weight excluding hydrogens is 434 g/mol. The van der Waals surface area contributed by atoms with Crippen LogP contribution in [0.15, 0.2) is 88.1 Å². The van der Waals surface area contributed by atoms with E-state index in [0.29, 0.717) is 17.6 Å². The van der Waals surface area contributed by atoms with Crippen LogP contribution in [0.25, 0.3) is 11.0 Å². The smallest absolute Gasteiger partial charge is 0.407 e. The molecule has 4 aromatic rings. The van der Waals surface area contributed by atoms with Gasteiger partial charge in [-0.15, -0.1) is 0 Å². The Morgan fingerprint density at radius 3 is 2.29 bits per heavy atom. The number of nitrogens with one attached hydrogen (secondary N) is 1. The third kappa shape index (κ3) is 5.69. The number of ether oxygens (including phenoxy) is 2. The van der Waals surface area contributed by atoms with Crippen molar-refractivity contribution in [1.82, 2.24) is 5.32 Å². The standard InChI is InChI=1S/C27H23NO6/c1-18-22-13-12-21(15-24(22)34-26(30)23(18)14-19-8-4-2-5-9-19)33-25(29)16-28-27(31)32-17-20-10-6-3-7-11-20/h2-13,15H,14,16-17H2,1H3,(H,28,31). The summed E-state index contributed by atoms with van der Waals surface area (Å²) >= 11 is 0. The maximum atomic E-state index is 12.6. The number of amides is 1. The van der Waals surface area contributed by atoms with Gasteiger partial charge in [-0.1, -0.05) is 60.7 Å². The van der Waals surface area contributed by atoms with E-state index in [1.807, 2.05) is 67.6 Å². The molecule has 172 valence electrons. The third-order valence-electron chi connectivity index (χ3n) is 5.30. The molecule has 1 heterocycles. The fourth-order valence-electron chi connectivity index (χ4n) is 3.53. The molecule has 34 heavy (non-hydrogen) atoms. The van der Waals surface area contributed by atoms with Crippen LogP contribution in [0.5, 0.6) is 5.75 Å². The molecule has 0 atom stereocenters. The van der Waals surface area contributed by atoms with Gasteiger partial charge in [-0.3, -0.25) is 0 Å². The lowest BCUT2D eigenvalue weighted by Gasteiger charge is -2.10. The molecule has 0 radical (unpaired) electrons. The van der Waals surface area contributed by atoms with Crippen molar-refractivity contribution < 1.29 is 23.5 Å². The first kappa shape index (κ1) is 22.8. The van der Waals surface area contributed by atoms with Crippen LogP contribution in [0, 0.1) is 6.92 Å². The molecule has 3 aromatic carbocycles. The quantitative estimate of drug-likeness (QED) is 0.249. The molecule has 0 aliphatic rings. The zero-order chi connectivity index (χ0) is 23.9. The minimum atomic E-state index is -0.730. The number of carbonyl (C=O) groups is 2. The Labute approximate surface area is 195 Å². The van der Waals surface area contributed by atoms with Crippen LogP contribution in [-0.2, 0) is 22.6 Å². The molecule has 0 bridgehead atoms. The van der Waals surface area contributed by atoms with E-state index in [0.717, 1.165) is 22.1 Å². The van der Waals surface area contributed by atoms with Gasteiger partial charge in [0.25, 0.3) is 0 Å². The molecule has 0 spiro atoms. The molecule has 1 N–H and O–H groups in total. The van der Waals surface area contributed by atoms with Crippen LogP contribution >= 0.6 is 0 Å². The summed E-state index contributed by atoms with van der Waals surface area (Å²) < 4.78 is 15.8. The zero-order valence-electron chi connectivity index (χ0n) is 18.6. The van der Waals surface area contributed by atoms with Crippen LogP contribution < -0.4 is 15.7 Å². The van der Waals surface area contributed by atoms with Crippen molar-refractivity contribution in [3.63, 3.8) is 0 Å². The first-order valence-electron chi connectivity index (χ1n) is 10.7. The number of aryl methyl sites for hydroxylation is 1. The highest BCUT2D eigenvalue weighted by molar-refractivity contribution is 5.84. The molecule has 7 nitrogen and oxygen atoms in total. The second kappa shape index (κ2) is 10.5. The Morgan fingerprint density at radius 2 is 1.59 bits per heavy atom. The van der Waals surface area contributed by atoms with Crippen LogP contribution in [0.4, 0.5) is 4.79 Å². The average molecular weight is 457 g/mol. The Morgan fingerprint density at radius 1 is 0.912 bits per heavy atom. The second-order valence-corrected chi connectivity index (χ2v) is 7.70.